The highest BCUT2D eigenvalue weighted by Crippen LogP contribution is 2.40. The number of para-hydroxylation sites is 1. The summed E-state index contributed by atoms with van der Waals surface area (Å²) in [6.07, 6.45) is 5.30. The molecule has 224 valence electrons. The van der Waals surface area contributed by atoms with E-state index >= 15 is 0 Å². The summed E-state index contributed by atoms with van der Waals surface area (Å²) in [5.74, 6) is 1.13. The third-order valence-corrected chi connectivity index (χ3v) is 8.45. The van der Waals surface area contributed by atoms with E-state index in [1.54, 1.807) is 10.6 Å². The van der Waals surface area contributed by atoms with Gasteiger partial charge in [-0.1, -0.05) is 12.1 Å². The van der Waals surface area contributed by atoms with Crippen molar-refractivity contribution in [2.75, 3.05) is 13.2 Å². The second-order valence-corrected chi connectivity index (χ2v) is 11.9. The van der Waals surface area contributed by atoms with Crippen molar-refractivity contribution >= 4 is 28.0 Å². The molecule has 1 unspecified atom stereocenters. The fraction of sp³-hybridized carbons (Fsp3) is 0.419. The van der Waals surface area contributed by atoms with Crippen LogP contribution in [-0.4, -0.2) is 59.9 Å². The van der Waals surface area contributed by atoms with Crippen molar-refractivity contribution in [2.45, 2.75) is 57.3 Å². The summed E-state index contributed by atoms with van der Waals surface area (Å²) in [7, 11) is 1.93. The van der Waals surface area contributed by atoms with E-state index in [1.807, 2.05) is 30.7 Å². The SMILES string of the molecule is C[C@@H](Cn1cnc(F)c1)Oc1cccc2cc(-c3nc4cc5c(nc4n3C)C(C[C@H](N)CF)CNC5=O)n(CC3CC3)c12. The van der Waals surface area contributed by atoms with Crippen LogP contribution in [0.3, 0.4) is 0 Å². The van der Waals surface area contributed by atoms with Crippen LogP contribution in [0.1, 0.15) is 48.2 Å². The lowest BCUT2D eigenvalue weighted by Crippen LogP contribution is -2.38. The Morgan fingerprint density at radius 3 is 2.81 bits per heavy atom. The molecule has 43 heavy (non-hydrogen) atoms. The van der Waals surface area contributed by atoms with E-state index in [0.717, 1.165) is 34.7 Å². The zero-order chi connectivity index (χ0) is 29.8. The molecule has 4 aromatic heterocycles. The zero-order valence-corrected chi connectivity index (χ0v) is 24.1. The summed E-state index contributed by atoms with van der Waals surface area (Å²) in [4.78, 5) is 26.4. The van der Waals surface area contributed by atoms with Gasteiger partial charge in [-0.15, -0.1) is 0 Å². The van der Waals surface area contributed by atoms with Crippen molar-refractivity contribution in [3.05, 3.63) is 60.1 Å². The highest BCUT2D eigenvalue weighted by atomic mass is 19.1. The van der Waals surface area contributed by atoms with Gasteiger partial charge in [0.2, 0.25) is 5.95 Å². The molecule has 5 aromatic rings. The summed E-state index contributed by atoms with van der Waals surface area (Å²) in [5, 5.41) is 3.92. The summed E-state index contributed by atoms with van der Waals surface area (Å²) < 4.78 is 39.0. The smallest absolute Gasteiger partial charge is 0.253 e. The van der Waals surface area contributed by atoms with Gasteiger partial charge in [0.25, 0.3) is 5.91 Å². The number of aromatic nitrogens is 6. The number of nitrogens with zero attached hydrogens (tertiary/aromatic N) is 6. The van der Waals surface area contributed by atoms with Crippen molar-refractivity contribution in [1.29, 1.82) is 0 Å². The third kappa shape index (κ3) is 5.13. The minimum Gasteiger partial charge on any atom is -0.487 e. The Morgan fingerprint density at radius 2 is 2.07 bits per heavy atom. The van der Waals surface area contributed by atoms with Crippen LogP contribution >= 0.6 is 0 Å². The minimum absolute atomic E-state index is 0.178. The first kappa shape index (κ1) is 27.5. The maximum atomic E-state index is 13.4. The van der Waals surface area contributed by atoms with Crippen molar-refractivity contribution in [1.82, 2.24) is 34.0 Å². The molecule has 1 aliphatic carbocycles. The standard InChI is InChI=1S/C31H34F2N8O2/c1-17(13-40-15-26(33)36-16-40)43-25-5-3-4-19-9-24(41(28(19)25)14-18-6-7-18)30-37-23-10-22-27(38-29(23)39(30)2)20(8-21(34)11-32)12-35-31(22)42/h3-5,9-10,15-18,20-21H,6-8,11-14,34H2,1-2H3,(H,35,42)/t17-,20?,21-/m0/s1. The first-order valence-corrected chi connectivity index (χ1v) is 14.7. The van der Waals surface area contributed by atoms with Crippen LogP contribution in [0.15, 0.2) is 42.9 Å². The molecule has 3 N–H and O–H groups in total. The van der Waals surface area contributed by atoms with Gasteiger partial charge in [0.1, 0.15) is 24.0 Å². The average molecular weight is 589 g/mol. The maximum absolute atomic E-state index is 13.4. The first-order valence-electron chi connectivity index (χ1n) is 14.7. The number of carbonyl (C=O) groups excluding carboxylic acids is 1. The van der Waals surface area contributed by atoms with Crippen LogP contribution < -0.4 is 15.8 Å². The number of pyridine rings is 1. The molecular formula is C31H34F2N8O2. The van der Waals surface area contributed by atoms with Crippen LogP contribution in [0.4, 0.5) is 8.78 Å². The maximum Gasteiger partial charge on any atom is 0.253 e. The Balaban J connectivity index is 1.31. The number of nitrogens with one attached hydrogen (secondary N) is 1. The number of aryl methyl sites for hydroxylation is 1. The normalized spacial score (nSPS) is 18.2. The highest BCUT2D eigenvalue weighted by molar-refractivity contribution is 5.99. The minimum atomic E-state index is -0.629. The molecule has 0 spiro atoms. The molecule has 1 amide bonds. The number of hydrogen-bond donors (Lipinski definition) is 2. The lowest BCUT2D eigenvalue weighted by molar-refractivity contribution is 0.0937. The Bertz CT molecular complexity index is 1840. The van der Waals surface area contributed by atoms with E-state index in [4.69, 9.17) is 20.4 Å². The quantitative estimate of drug-likeness (QED) is 0.251. The number of amides is 1. The van der Waals surface area contributed by atoms with Crippen molar-refractivity contribution in [3.63, 3.8) is 0 Å². The number of carbonyl (C=O) groups is 1. The summed E-state index contributed by atoms with van der Waals surface area (Å²) >= 11 is 0. The Kier molecular flexibility index (Phi) is 6.88. The fourth-order valence-electron chi connectivity index (χ4n) is 6.18. The molecule has 2 aliphatic rings. The molecule has 5 heterocycles. The molecule has 1 aromatic carbocycles. The highest BCUT2D eigenvalue weighted by Gasteiger charge is 2.31. The first-order chi connectivity index (χ1) is 20.8. The molecule has 3 atom stereocenters. The Labute approximate surface area is 246 Å². The molecular weight excluding hydrogens is 554 g/mol. The van der Waals surface area contributed by atoms with Gasteiger partial charge < -0.3 is 29.5 Å². The predicted molar refractivity (Wildman–Crippen MR) is 158 cm³/mol. The van der Waals surface area contributed by atoms with Gasteiger partial charge in [0, 0.05) is 37.5 Å². The largest absolute Gasteiger partial charge is 0.487 e. The van der Waals surface area contributed by atoms with Gasteiger partial charge in [-0.2, -0.15) is 4.39 Å². The van der Waals surface area contributed by atoms with E-state index in [2.05, 4.69) is 27.0 Å². The van der Waals surface area contributed by atoms with Crippen LogP contribution in [0.25, 0.3) is 33.6 Å². The number of alkyl halides is 1. The molecule has 0 saturated heterocycles. The molecule has 1 saturated carbocycles. The van der Waals surface area contributed by atoms with Crippen LogP contribution in [0, 0.1) is 11.9 Å². The molecule has 7 rings (SSSR count). The van der Waals surface area contributed by atoms with E-state index < -0.39 is 18.7 Å². The van der Waals surface area contributed by atoms with Crippen molar-refractivity contribution in [2.24, 2.45) is 18.7 Å². The number of fused-ring (bicyclic) bond motifs is 3. The van der Waals surface area contributed by atoms with E-state index in [0.29, 0.717) is 47.8 Å². The second kappa shape index (κ2) is 10.7. The van der Waals surface area contributed by atoms with Crippen LogP contribution in [0.5, 0.6) is 5.75 Å². The van der Waals surface area contributed by atoms with E-state index in [1.165, 1.54) is 25.4 Å². The van der Waals surface area contributed by atoms with Crippen molar-refractivity contribution < 1.29 is 18.3 Å². The summed E-state index contributed by atoms with van der Waals surface area (Å²) in [6, 6.07) is 9.28. The van der Waals surface area contributed by atoms with Gasteiger partial charge in [0.15, 0.2) is 11.5 Å². The topological polar surface area (TPSA) is 118 Å². The number of ether oxygens (including phenoxy) is 1. The lowest BCUT2D eigenvalue weighted by atomic mass is 9.90. The van der Waals surface area contributed by atoms with Gasteiger partial charge in [-0.25, -0.2) is 19.3 Å². The number of imidazole rings is 2. The molecule has 0 bridgehead atoms. The monoisotopic (exact) mass is 588 g/mol. The summed E-state index contributed by atoms with van der Waals surface area (Å²) in [6.45, 7) is 2.97. The molecule has 0 radical (unpaired) electrons. The van der Waals surface area contributed by atoms with Gasteiger partial charge in [-0.05, 0) is 50.3 Å². The number of rotatable bonds is 10. The fourth-order valence-corrected chi connectivity index (χ4v) is 6.18. The van der Waals surface area contributed by atoms with Gasteiger partial charge >= 0.3 is 0 Å². The predicted octanol–water partition coefficient (Wildman–Crippen LogP) is 4.32. The molecule has 12 heteroatoms. The number of halogens is 2. The van der Waals surface area contributed by atoms with Crippen LogP contribution in [0.2, 0.25) is 0 Å². The number of hydrogen-bond acceptors (Lipinski definition) is 6. The van der Waals surface area contributed by atoms with Gasteiger partial charge in [-0.3, -0.25) is 4.79 Å². The van der Waals surface area contributed by atoms with Gasteiger partial charge in [0.05, 0.1) is 41.5 Å². The Morgan fingerprint density at radius 1 is 1.23 bits per heavy atom. The Hall–Kier alpha value is -4.32. The molecule has 1 aliphatic heterocycles. The number of benzene rings is 1. The number of nitrogens with two attached hydrogens (primary N) is 1. The molecule has 1 fully saturated rings. The molecule has 10 nitrogen and oxygen atoms in total. The van der Waals surface area contributed by atoms with E-state index in [-0.39, 0.29) is 17.9 Å². The van der Waals surface area contributed by atoms with Crippen LogP contribution in [-0.2, 0) is 20.1 Å². The zero-order valence-electron chi connectivity index (χ0n) is 24.1. The third-order valence-electron chi connectivity index (χ3n) is 8.45. The van der Waals surface area contributed by atoms with Crippen molar-refractivity contribution in [3.8, 4) is 17.3 Å². The summed E-state index contributed by atoms with van der Waals surface area (Å²) in [5.41, 5.74) is 10.2. The van der Waals surface area contributed by atoms with E-state index in [9.17, 15) is 13.6 Å². The second-order valence-electron chi connectivity index (χ2n) is 11.9. The average Bonchev–Trinajstić information content (AvgIpc) is 3.48. The lowest BCUT2D eigenvalue weighted by Gasteiger charge is -2.26.